The summed E-state index contributed by atoms with van der Waals surface area (Å²) >= 11 is 0. The highest BCUT2D eigenvalue weighted by molar-refractivity contribution is 5.80. The van der Waals surface area contributed by atoms with Gasteiger partial charge in [-0.05, 0) is 31.9 Å². The van der Waals surface area contributed by atoms with E-state index in [4.69, 9.17) is 4.74 Å². The molecule has 1 unspecified atom stereocenters. The predicted molar refractivity (Wildman–Crippen MR) is 72.9 cm³/mol. The minimum atomic E-state index is -0.783. The molecule has 0 spiro atoms. The van der Waals surface area contributed by atoms with E-state index in [1.165, 1.54) is 18.2 Å². The minimum Gasteiger partial charge on any atom is -0.481 e. The van der Waals surface area contributed by atoms with Crippen molar-refractivity contribution in [3.63, 3.8) is 0 Å². The van der Waals surface area contributed by atoms with Gasteiger partial charge >= 0.3 is 0 Å². The van der Waals surface area contributed by atoms with Crippen molar-refractivity contribution in [3.8, 4) is 5.75 Å². The molecule has 1 aliphatic carbocycles. The zero-order chi connectivity index (χ0) is 14.6. The number of nitrogens with one attached hydrogen (secondary N) is 1. The number of carbonyl (C=O) groups excluding carboxylic acids is 1. The predicted octanol–water partition coefficient (Wildman–Crippen LogP) is 2.01. The molecule has 1 fully saturated rings. The fraction of sp³-hybridized carbons (Fsp3) is 0.533. The summed E-state index contributed by atoms with van der Waals surface area (Å²) in [6.07, 6.45) is 2.67. The van der Waals surface area contributed by atoms with Crippen LogP contribution in [-0.4, -0.2) is 29.3 Å². The molecule has 0 aliphatic heterocycles. The van der Waals surface area contributed by atoms with E-state index in [-0.39, 0.29) is 12.5 Å². The van der Waals surface area contributed by atoms with Crippen LogP contribution in [0.5, 0.6) is 5.75 Å². The van der Waals surface area contributed by atoms with Gasteiger partial charge in [-0.1, -0.05) is 18.9 Å². The van der Waals surface area contributed by atoms with Crippen molar-refractivity contribution in [2.75, 3.05) is 6.54 Å². The second-order valence-corrected chi connectivity index (χ2v) is 5.37. The van der Waals surface area contributed by atoms with Gasteiger partial charge < -0.3 is 15.2 Å². The molecular formula is C15H20FNO3. The highest BCUT2D eigenvalue weighted by Crippen LogP contribution is 2.28. The van der Waals surface area contributed by atoms with Gasteiger partial charge in [0.25, 0.3) is 5.91 Å². The number of benzene rings is 1. The molecule has 1 aromatic carbocycles. The Morgan fingerprint density at radius 1 is 1.50 bits per heavy atom. The van der Waals surface area contributed by atoms with Crippen molar-refractivity contribution in [2.45, 2.75) is 44.3 Å². The largest absolute Gasteiger partial charge is 0.481 e. The molecule has 110 valence electrons. The summed E-state index contributed by atoms with van der Waals surface area (Å²) in [5.74, 6) is -0.405. The van der Waals surface area contributed by atoms with Gasteiger partial charge in [-0.25, -0.2) is 4.39 Å². The summed E-state index contributed by atoms with van der Waals surface area (Å²) in [7, 11) is 0. The molecule has 0 bridgehead atoms. The first kappa shape index (κ1) is 14.8. The maximum Gasteiger partial charge on any atom is 0.260 e. The van der Waals surface area contributed by atoms with Crippen LogP contribution in [0.3, 0.4) is 0 Å². The lowest BCUT2D eigenvalue weighted by Crippen LogP contribution is -2.45. The quantitative estimate of drug-likeness (QED) is 0.868. The van der Waals surface area contributed by atoms with Gasteiger partial charge in [0, 0.05) is 12.6 Å². The highest BCUT2D eigenvalue weighted by Gasteiger charge is 2.31. The molecule has 1 atom stereocenters. The van der Waals surface area contributed by atoms with E-state index in [2.05, 4.69) is 5.32 Å². The number of carbonyl (C=O) groups is 1. The van der Waals surface area contributed by atoms with Gasteiger partial charge in [-0.3, -0.25) is 4.79 Å². The minimum absolute atomic E-state index is 0.239. The topological polar surface area (TPSA) is 58.6 Å². The molecule has 0 heterocycles. The van der Waals surface area contributed by atoms with Gasteiger partial charge in [0.2, 0.25) is 0 Å². The van der Waals surface area contributed by atoms with Crippen LogP contribution in [0.1, 0.15) is 32.6 Å². The number of hydrogen-bond donors (Lipinski definition) is 2. The lowest BCUT2D eigenvalue weighted by Gasteiger charge is -2.23. The molecule has 2 N–H and O–H groups in total. The number of hydrogen-bond acceptors (Lipinski definition) is 3. The van der Waals surface area contributed by atoms with E-state index < -0.39 is 17.5 Å². The smallest absolute Gasteiger partial charge is 0.260 e. The van der Waals surface area contributed by atoms with Crippen molar-refractivity contribution in [2.24, 2.45) is 0 Å². The van der Waals surface area contributed by atoms with Gasteiger partial charge in [-0.2, -0.15) is 0 Å². The lowest BCUT2D eigenvalue weighted by atomic mass is 10.0. The molecule has 20 heavy (non-hydrogen) atoms. The Hall–Kier alpha value is -1.62. The van der Waals surface area contributed by atoms with E-state index in [1.54, 1.807) is 13.0 Å². The standard InChI is InChI=1S/C15H20FNO3/c1-11(20-13-6-4-5-12(16)9-13)14(18)17-10-15(19)7-2-3-8-15/h4-6,9,11,19H,2-3,7-8,10H2,1H3,(H,17,18). The van der Waals surface area contributed by atoms with Crippen molar-refractivity contribution in [1.82, 2.24) is 5.32 Å². The van der Waals surface area contributed by atoms with Crippen molar-refractivity contribution in [1.29, 1.82) is 0 Å². The van der Waals surface area contributed by atoms with E-state index in [0.717, 1.165) is 12.8 Å². The average molecular weight is 281 g/mol. The molecule has 1 aliphatic rings. The molecule has 0 aromatic heterocycles. The Bertz CT molecular complexity index is 472. The lowest BCUT2D eigenvalue weighted by molar-refractivity contribution is -0.128. The van der Waals surface area contributed by atoms with Crippen LogP contribution in [0.4, 0.5) is 4.39 Å². The summed E-state index contributed by atoms with van der Waals surface area (Å²) in [4.78, 5) is 11.9. The van der Waals surface area contributed by atoms with Crippen molar-refractivity contribution >= 4 is 5.91 Å². The van der Waals surface area contributed by atoms with Gasteiger partial charge in [-0.15, -0.1) is 0 Å². The Balaban J connectivity index is 1.83. The first-order chi connectivity index (χ1) is 9.48. The third-order valence-corrected chi connectivity index (χ3v) is 3.60. The van der Waals surface area contributed by atoms with Gasteiger partial charge in [0.15, 0.2) is 6.10 Å². The molecule has 0 saturated heterocycles. The van der Waals surface area contributed by atoms with Crippen molar-refractivity contribution < 1.29 is 19.0 Å². The summed E-state index contributed by atoms with van der Waals surface area (Å²) < 4.78 is 18.4. The number of rotatable bonds is 5. The molecule has 5 heteroatoms. The number of amides is 1. The molecule has 1 saturated carbocycles. The van der Waals surface area contributed by atoms with Crippen LogP contribution in [0.15, 0.2) is 24.3 Å². The van der Waals surface area contributed by atoms with Crippen LogP contribution < -0.4 is 10.1 Å². The summed E-state index contributed by atoms with van der Waals surface area (Å²) in [6, 6.07) is 5.66. The highest BCUT2D eigenvalue weighted by atomic mass is 19.1. The molecule has 0 radical (unpaired) electrons. The monoisotopic (exact) mass is 281 g/mol. The molecule has 2 rings (SSSR count). The summed E-state index contributed by atoms with van der Waals surface area (Å²) in [5, 5.41) is 12.8. The van der Waals surface area contributed by atoms with Gasteiger partial charge in [0.1, 0.15) is 11.6 Å². The first-order valence-corrected chi connectivity index (χ1v) is 6.91. The maximum absolute atomic E-state index is 13.0. The van der Waals surface area contributed by atoms with Crippen LogP contribution in [-0.2, 0) is 4.79 Å². The maximum atomic E-state index is 13.0. The van der Waals surface area contributed by atoms with E-state index >= 15 is 0 Å². The second kappa shape index (κ2) is 6.22. The molecule has 4 nitrogen and oxygen atoms in total. The third-order valence-electron chi connectivity index (χ3n) is 3.60. The zero-order valence-corrected chi connectivity index (χ0v) is 11.6. The van der Waals surface area contributed by atoms with Crippen LogP contribution in [0, 0.1) is 5.82 Å². The molecular weight excluding hydrogens is 261 g/mol. The molecule has 1 amide bonds. The normalized spacial score (nSPS) is 18.6. The first-order valence-electron chi connectivity index (χ1n) is 6.91. The van der Waals surface area contributed by atoms with E-state index in [0.29, 0.717) is 18.6 Å². The van der Waals surface area contributed by atoms with Crippen LogP contribution >= 0.6 is 0 Å². The second-order valence-electron chi connectivity index (χ2n) is 5.37. The van der Waals surface area contributed by atoms with E-state index in [9.17, 15) is 14.3 Å². The van der Waals surface area contributed by atoms with E-state index in [1.807, 2.05) is 0 Å². The number of aliphatic hydroxyl groups is 1. The Labute approximate surface area is 117 Å². The average Bonchev–Trinajstić information content (AvgIpc) is 2.83. The Morgan fingerprint density at radius 2 is 2.20 bits per heavy atom. The summed E-state index contributed by atoms with van der Waals surface area (Å²) in [6.45, 7) is 1.83. The third kappa shape index (κ3) is 3.93. The SMILES string of the molecule is CC(Oc1cccc(F)c1)C(=O)NCC1(O)CCCC1. The van der Waals surface area contributed by atoms with Gasteiger partial charge in [0.05, 0.1) is 5.60 Å². The fourth-order valence-electron chi connectivity index (χ4n) is 2.40. The zero-order valence-electron chi connectivity index (χ0n) is 11.6. The molecule has 1 aromatic rings. The van der Waals surface area contributed by atoms with Crippen LogP contribution in [0.2, 0.25) is 0 Å². The number of ether oxygens (including phenoxy) is 1. The Kier molecular flexibility index (Phi) is 4.60. The van der Waals surface area contributed by atoms with Crippen LogP contribution in [0.25, 0.3) is 0 Å². The van der Waals surface area contributed by atoms with Crippen molar-refractivity contribution in [3.05, 3.63) is 30.1 Å². The summed E-state index contributed by atoms with van der Waals surface area (Å²) in [5.41, 5.74) is -0.783. The Morgan fingerprint density at radius 3 is 2.85 bits per heavy atom. The number of halogens is 1. The fourth-order valence-corrected chi connectivity index (χ4v) is 2.40.